The highest BCUT2D eigenvalue weighted by Crippen LogP contribution is 2.32. The molecule has 0 saturated heterocycles. The van der Waals surface area contributed by atoms with Crippen molar-refractivity contribution < 1.29 is 4.42 Å². The largest absolute Gasteiger partial charge is 0.458 e. The average molecular weight is 392 g/mol. The van der Waals surface area contributed by atoms with E-state index in [0.29, 0.717) is 27.4 Å². The molecule has 0 fully saturated rings. The van der Waals surface area contributed by atoms with Crippen LogP contribution in [0.2, 0.25) is 15.1 Å². The van der Waals surface area contributed by atoms with E-state index in [1.165, 1.54) is 0 Å². The first-order chi connectivity index (χ1) is 12.0. The van der Waals surface area contributed by atoms with Crippen molar-refractivity contribution in [2.24, 2.45) is 0 Å². The number of benzene rings is 2. The van der Waals surface area contributed by atoms with Gasteiger partial charge in [0.2, 0.25) is 0 Å². The molecule has 2 heterocycles. The van der Waals surface area contributed by atoms with Gasteiger partial charge in [-0.05, 0) is 48.9 Å². The van der Waals surface area contributed by atoms with Gasteiger partial charge >= 0.3 is 0 Å². The van der Waals surface area contributed by atoms with Crippen LogP contribution < -0.4 is 0 Å². The van der Waals surface area contributed by atoms with E-state index >= 15 is 0 Å². The van der Waals surface area contributed by atoms with Crippen molar-refractivity contribution in [1.82, 2.24) is 9.55 Å². The molecule has 6 heteroatoms. The number of halogens is 3. The zero-order valence-corrected chi connectivity index (χ0v) is 15.5. The number of hydrogen-bond donors (Lipinski definition) is 0. The minimum absolute atomic E-state index is 0.479. The molecule has 0 N–H and O–H groups in total. The van der Waals surface area contributed by atoms with Gasteiger partial charge in [-0.15, -0.1) is 0 Å². The summed E-state index contributed by atoms with van der Waals surface area (Å²) >= 11 is 18.4. The van der Waals surface area contributed by atoms with Crippen LogP contribution in [0, 0.1) is 6.92 Å². The van der Waals surface area contributed by atoms with E-state index in [1.807, 2.05) is 49.4 Å². The summed E-state index contributed by atoms with van der Waals surface area (Å²) < 4.78 is 7.86. The Bertz CT molecular complexity index is 1060. The zero-order chi connectivity index (χ0) is 17.6. The van der Waals surface area contributed by atoms with E-state index in [-0.39, 0.29) is 0 Å². The molecule has 3 nitrogen and oxygen atoms in total. The number of rotatable bonds is 3. The third-order valence-corrected chi connectivity index (χ3v) is 4.98. The monoisotopic (exact) mass is 390 g/mol. The third kappa shape index (κ3) is 3.15. The highest BCUT2D eigenvalue weighted by Gasteiger charge is 2.17. The second kappa shape index (κ2) is 6.41. The fraction of sp³-hybridized carbons (Fsp3) is 0.105. The maximum absolute atomic E-state index is 6.23. The van der Waals surface area contributed by atoms with Crippen molar-refractivity contribution in [3.05, 3.63) is 74.9 Å². The first kappa shape index (κ1) is 16.5. The van der Waals surface area contributed by atoms with Crippen LogP contribution in [0.5, 0.6) is 0 Å². The van der Waals surface area contributed by atoms with Gasteiger partial charge in [-0.2, -0.15) is 0 Å². The highest BCUT2D eigenvalue weighted by molar-refractivity contribution is 6.42. The fourth-order valence-corrected chi connectivity index (χ4v) is 3.24. The standard InChI is InChI=1S/C19H13Cl3N2O/c1-11-2-7-18(25-11)19-23-16-8-14(21)15(22)9-17(16)24(19)10-12-3-5-13(20)6-4-12/h2-9H,10H2,1H3. The van der Waals surface area contributed by atoms with Gasteiger partial charge in [0.25, 0.3) is 0 Å². The molecule has 0 saturated carbocycles. The first-order valence-electron chi connectivity index (χ1n) is 7.68. The average Bonchev–Trinajstić information content (AvgIpc) is 3.15. The first-order valence-corrected chi connectivity index (χ1v) is 8.81. The topological polar surface area (TPSA) is 31.0 Å². The molecule has 4 aromatic rings. The molecule has 25 heavy (non-hydrogen) atoms. The van der Waals surface area contributed by atoms with Crippen molar-refractivity contribution in [1.29, 1.82) is 0 Å². The summed E-state index contributed by atoms with van der Waals surface area (Å²) in [5, 5.41) is 1.68. The Morgan fingerprint density at radius 2 is 1.68 bits per heavy atom. The molecule has 0 spiro atoms. The highest BCUT2D eigenvalue weighted by atomic mass is 35.5. The van der Waals surface area contributed by atoms with Gasteiger partial charge in [-0.25, -0.2) is 4.98 Å². The Morgan fingerprint density at radius 1 is 0.960 bits per heavy atom. The molecular formula is C19H13Cl3N2O. The molecule has 0 radical (unpaired) electrons. The minimum atomic E-state index is 0.479. The van der Waals surface area contributed by atoms with Gasteiger partial charge in [0.15, 0.2) is 11.6 Å². The summed E-state index contributed by atoms with van der Waals surface area (Å²) in [6.07, 6.45) is 0. The predicted molar refractivity (Wildman–Crippen MR) is 103 cm³/mol. The molecule has 2 aromatic carbocycles. The Kier molecular flexibility index (Phi) is 4.24. The van der Waals surface area contributed by atoms with Crippen molar-refractivity contribution in [3.8, 4) is 11.6 Å². The lowest BCUT2D eigenvalue weighted by Gasteiger charge is -2.09. The number of nitrogens with zero attached hydrogens (tertiary/aromatic N) is 2. The van der Waals surface area contributed by atoms with E-state index in [2.05, 4.69) is 4.57 Å². The number of hydrogen-bond acceptors (Lipinski definition) is 2. The van der Waals surface area contributed by atoms with Gasteiger partial charge in [0, 0.05) is 11.6 Å². The van der Waals surface area contributed by atoms with Gasteiger partial charge in [0.1, 0.15) is 5.76 Å². The van der Waals surface area contributed by atoms with Crippen LogP contribution in [0.25, 0.3) is 22.6 Å². The maximum atomic E-state index is 6.23. The van der Waals surface area contributed by atoms with Crippen molar-refractivity contribution >= 4 is 45.8 Å². The summed E-state index contributed by atoms with van der Waals surface area (Å²) in [6, 6.07) is 15.2. The lowest BCUT2D eigenvalue weighted by molar-refractivity contribution is 0.540. The lowest BCUT2D eigenvalue weighted by atomic mass is 10.2. The maximum Gasteiger partial charge on any atom is 0.177 e. The van der Waals surface area contributed by atoms with Gasteiger partial charge in [-0.1, -0.05) is 46.9 Å². The van der Waals surface area contributed by atoms with Crippen LogP contribution in [0.15, 0.2) is 52.9 Å². The Balaban J connectivity index is 1.91. The summed E-state index contributed by atoms with van der Waals surface area (Å²) in [5.41, 5.74) is 2.76. The second-order valence-electron chi connectivity index (χ2n) is 5.81. The quantitative estimate of drug-likeness (QED) is 0.393. The molecule has 0 amide bonds. The Morgan fingerprint density at radius 3 is 2.36 bits per heavy atom. The van der Waals surface area contributed by atoms with Crippen molar-refractivity contribution in [3.63, 3.8) is 0 Å². The smallest absolute Gasteiger partial charge is 0.177 e. The third-order valence-electron chi connectivity index (χ3n) is 4.00. The molecule has 4 rings (SSSR count). The minimum Gasteiger partial charge on any atom is -0.458 e. The Labute approximate surface area is 159 Å². The zero-order valence-electron chi connectivity index (χ0n) is 13.3. The van der Waals surface area contributed by atoms with Crippen LogP contribution in [0.1, 0.15) is 11.3 Å². The van der Waals surface area contributed by atoms with E-state index in [4.69, 9.17) is 44.2 Å². The number of furan rings is 1. The summed E-state index contributed by atoms with van der Waals surface area (Å²) in [6.45, 7) is 2.52. The summed E-state index contributed by atoms with van der Waals surface area (Å²) in [5.74, 6) is 2.27. The number of imidazole rings is 1. The summed E-state index contributed by atoms with van der Waals surface area (Å²) in [4.78, 5) is 4.71. The van der Waals surface area contributed by atoms with E-state index < -0.39 is 0 Å². The van der Waals surface area contributed by atoms with Gasteiger partial charge in [0.05, 0.1) is 21.1 Å². The summed E-state index contributed by atoms with van der Waals surface area (Å²) in [7, 11) is 0. The van der Waals surface area contributed by atoms with Gasteiger partial charge in [-0.3, -0.25) is 0 Å². The van der Waals surface area contributed by atoms with Crippen LogP contribution in [0.4, 0.5) is 0 Å². The lowest BCUT2D eigenvalue weighted by Crippen LogP contribution is -2.01. The van der Waals surface area contributed by atoms with Crippen molar-refractivity contribution in [2.45, 2.75) is 13.5 Å². The Hall–Kier alpha value is -1.94. The number of aromatic nitrogens is 2. The molecule has 126 valence electrons. The van der Waals surface area contributed by atoms with E-state index in [0.717, 1.165) is 28.2 Å². The van der Waals surface area contributed by atoms with Crippen LogP contribution >= 0.6 is 34.8 Å². The van der Waals surface area contributed by atoms with Crippen LogP contribution in [-0.2, 0) is 6.54 Å². The van der Waals surface area contributed by atoms with Crippen LogP contribution in [-0.4, -0.2) is 9.55 Å². The normalized spacial score (nSPS) is 11.4. The molecular weight excluding hydrogens is 379 g/mol. The number of aryl methyl sites for hydroxylation is 1. The molecule has 0 atom stereocenters. The number of fused-ring (bicyclic) bond motifs is 1. The van der Waals surface area contributed by atoms with Crippen LogP contribution in [0.3, 0.4) is 0 Å². The predicted octanol–water partition coefficient (Wildman–Crippen LogP) is 6.61. The second-order valence-corrected chi connectivity index (χ2v) is 7.06. The molecule has 0 aliphatic carbocycles. The van der Waals surface area contributed by atoms with E-state index in [9.17, 15) is 0 Å². The molecule has 0 aliphatic rings. The molecule has 0 unspecified atom stereocenters. The molecule has 2 aromatic heterocycles. The van der Waals surface area contributed by atoms with Gasteiger partial charge < -0.3 is 8.98 Å². The molecule has 0 aliphatic heterocycles. The SMILES string of the molecule is Cc1ccc(-c2nc3cc(Cl)c(Cl)cc3n2Cc2ccc(Cl)cc2)o1. The van der Waals surface area contributed by atoms with E-state index in [1.54, 1.807) is 6.07 Å². The fourth-order valence-electron chi connectivity index (χ4n) is 2.80. The van der Waals surface area contributed by atoms with Crippen molar-refractivity contribution in [2.75, 3.05) is 0 Å². The molecule has 0 bridgehead atoms.